The first-order chi connectivity index (χ1) is 15.0. The molecule has 0 fully saturated rings. The second-order valence-electron chi connectivity index (χ2n) is 7.52. The maximum Gasteiger partial charge on any atom is 0.275 e. The molecule has 0 bridgehead atoms. The van der Waals surface area contributed by atoms with Gasteiger partial charge >= 0.3 is 0 Å². The van der Waals surface area contributed by atoms with Crippen molar-refractivity contribution < 1.29 is 9.90 Å². The van der Waals surface area contributed by atoms with Crippen molar-refractivity contribution in [3.8, 4) is 5.75 Å². The van der Waals surface area contributed by atoms with Gasteiger partial charge in [-0.05, 0) is 51.5 Å². The Morgan fingerprint density at radius 1 is 1.16 bits per heavy atom. The van der Waals surface area contributed by atoms with Crippen LogP contribution in [0.5, 0.6) is 5.75 Å². The number of phenols is 1. The molecule has 164 valence electrons. The lowest BCUT2D eigenvalue weighted by atomic mass is 10.1. The molecule has 8 heteroatoms. The van der Waals surface area contributed by atoms with E-state index in [9.17, 15) is 9.90 Å². The summed E-state index contributed by atoms with van der Waals surface area (Å²) in [4.78, 5) is 27.9. The molecule has 1 unspecified atom stereocenters. The SMILES string of the molecule is CCN(CC)CCCC(C)Nc1cnc(C(=O)Nc2cc(O)cc3cccnc23)cn1. The Balaban J connectivity index is 1.58. The first kappa shape index (κ1) is 22.4. The second-order valence-corrected chi connectivity index (χ2v) is 7.52. The van der Waals surface area contributed by atoms with Gasteiger partial charge in [0.2, 0.25) is 0 Å². The largest absolute Gasteiger partial charge is 0.508 e. The number of nitrogens with zero attached hydrogens (tertiary/aromatic N) is 4. The van der Waals surface area contributed by atoms with E-state index >= 15 is 0 Å². The van der Waals surface area contributed by atoms with Crippen molar-refractivity contribution >= 4 is 28.3 Å². The highest BCUT2D eigenvalue weighted by Crippen LogP contribution is 2.27. The molecule has 31 heavy (non-hydrogen) atoms. The summed E-state index contributed by atoms with van der Waals surface area (Å²) in [5, 5.41) is 16.7. The zero-order valence-corrected chi connectivity index (χ0v) is 18.3. The summed E-state index contributed by atoms with van der Waals surface area (Å²) in [5.41, 5.74) is 1.21. The average Bonchev–Trinajstić information content (AvgIpc) is 2.77. The molecule has 0 radical (unpaired) electrons. The number of aromatic nitrogens is 3. The van der Waals surface area contributed by atoms with Crippen LogP contribution in [0.2, 0.25) is 0 Å². The number of carbonyl (C=O) groups is 1. The number of pyridine rings is 1. The number of benzene rings is 1. The van der Waals surface area contributed by atoms with Crippen LogP contribution in [0.15, 0.2) is 42.9 Å². The molecule has 2 aromatic heterocycles. The van der Waals surface area contributed by atoms with E-state index in [1.165, 1.54) is 12.3 Å². The average molecular weight is 423 g/mol. The summed E-state index contributed by atoms with van der Waals surface area (Å²) >= 11 is 0. The van der Waals surface area contributed by atoms with E-state index < -0.39 is 5.91 Å². The van der Waals surface area contributed by atoms with Crippen LogP contribution in [0.4, 0.5) is 11.5 Å². The van der Waals surface area contributed by atoms with Gasteiger partial charge in [-0.2, -0.15) is 0 Å². The lowest BCUT2D eigenvalue weighted by molar-refractivity contribution is 0.102. The zero-order chi connectivity index (χ0) is 22.2. The van der Waals surface area contributed by atoms with Crippen LogP contribution < -0.4 is 10.6 Å². The van der Waals surface area contributed by atoms with Crippen LogP contribution >= 0.6 is 0 Å². The molecule has 1 amide bonds. The predicted molar refractivity (Wildman–Crippen MR) is 123 cm³/mol. The van der Waals surface area contributed by atoms with E-state index in [4.69, 9.17) is 0 Å². The van der Waals surface area contributed by atoms with Gasteiger partial charge in [0.1, 0.15) is 17.3 Å². The summed E-state index contributed by atoms with van der Waals surface area (Å²) < 4.78 is 0. The van der Waals surface area contributed by atoms with Gasteiger partial charge in [0.15, 0.2) is 0 Å². The summed E-state index contributed by atoms with van der Waals surface area (Å²) in [6.45, 7) is 9.70. The van der Waals surface area contributed by atoms with Gasteiger partial charge < -0.3 is 20.6 Å². The number of amides is 1. The topological polar surface area (TPSA) is 103 Å². The molecule has 1 atom stereocenters. The molecule has 2 heterocycles. The number of phenolic OH excluding ortho intramolecular Hbond substituents is 1. The third-order valence-electron chi connectivity index (χ3n) is 5.22. The van der Waals surface area contributed by atoms with E-state index in [0.29, 0.717) is 17.0 Å². The number of fused-ring (bicyclic) bond motifs is 1. The molecule has 0 aliphatic carbocycles. The molecule has 3 rings (SSSR count). The van der Waals surface area contributed by atoms with Crippen LogP contribution in [-0.4, -0.2) is 56.5 Å². The van der Waals surface area contributed by atoms with Gasteiger partial charge in [-0.15, -0.1) is 0 Å². The highest BCUT2D eigenvalue weighted by atomic mass is 16.3. The number of aromatic hydroxyl groups is 1. The summed E-state index contributed by atoms with van der Waals surface area (Å²) in [6.07, 6.45) is 6.78. The zero-order valence-electron chi connectivity index (χ0n) is 18.3. The lowest BCUT2D eigenvalue weighted by Crippen LogP contribution is -2.25. The van der Waals surface area contributed by atoms with Crippen molar-refractivity contribution in [1.82, 2.24) is 19.9 Å². The van der Waals surface area contributed by atoms with Crippen molar-refractivity contribution in [1.29, 1.82) is 0 Å². The Morgan fingerprint density at radius 3 is 2.68 bits per heavy atom. The molecular weight excluding hydrogens is 392 g/mol. The Bertz CT molecular complexity index is 1000. The van der Waals surface area contributed by atoms with Gasteiger partial charge in [0, 0.05) is 23.7 Å². The van der Waals surface area contributed by atoms with Gasteiger partial charge in [-0.1, -0.05) is 19.9 Å². The van der Waals surface area contributed by atoms with Gasteiger partial charge in [-0.3, -0.25) is 9.78 Å². The van der Waals surface area contributed by atoms with Crippen molar-refractivity contribution in [3.05, 3.63) is 48.5 Å². The summed E-state index contributed by atoms with van der Waals surface area (Å²) in [6, 6.07) is 6.92. The number of nitrogens with one attached hydrogen (secondary N) is 2. The summed E-state index contributed by atoms with van der Waals surface area (Å²) in [7, 11) is 0. The molecule has 3 N–H and O–H groups in total. The van der Waals surface area contributed by atoms with Crippen molar-refractivity contribution in [2.75, 3.05) is 30.3 Å². The first-order valence-electron chi connectivity index (χ1n) is 10.7. The number of hydrogen-bond acceptors (Lipinski definition) is 7. The Kier molecular flexibility index (Phi) is 7.72. The van der Waals surface area contributed by atoms with Crippen LogP contribution in [0.25, 0.3) is 10.9 Å². The molecular formula is C23H30N6O2. The second kappa shape index (κ2) is 10.7. The maximum atomic E-state index is 12.6. The lowest BCUT2D eigenvalue weighted by Gasteiger charge is -2.20. The predicted octanol–water partition coefficient (Wildman–Crippen LogP) is 3.91. The molecule has 0 spiro atoms. The van der Waals surface area contributed by atoms with Crippen LogP contribution in [0.1, 0.15) is 44.1 Å². The van der Waals surface area contributed by atoms with Gasteiger partial charge in [-0.25, -0.2) is 9.97 Å². The van der Waals surface area contributed by atoms with E-state index in [0.717, 1.165) is 37.9 Å². The van der Waals surface area contributed by atoms with Crippen molar-refractivity contribution in [2.45, 2.75) is 39.7 Å². The van der Waals surface area contributed by atoms with E-state index in [1.54, 1.807) is 24.5 Å². The van der Waals surface area contributed by atoms with Crippen molar-refractivity contribution in [2.24, 2.45) is 0 Å². The molecule has 0 aliphatic heterocycles. The van der Waals surface area contributed by atoms with Crippen LogP contribution in [0.3, 0.4) is 0 Å². The minimum Gasteiger partial charge on any atom is -0.508 e. The fourth-order valence-corrected chi connectivity index (χ4v) is 3.46. The summed E-state index contributed by atoms with van der Waals surface area (Å²) in [5.74, 6) is 0.275. The molecule has 1 aromatic carbocycles. The third-order valence-corrected chi connectivity index (χ3v) is 5.22. The standard InChI is InChI=1S/C23H30N6O2/c1-4-29(5-2)11-7-8-16(3)27-21-15-25-20(14-26-21)23(31)28-19-13-18(30)12-17-9-6-10-24-22(17)19/h6,9-10,12-16,30H,4-5,7-8,11H2,1-3H3,(H,26,27)(H,28,31). The highest BCUT2D eigenvalue weighted by molar-refractivity contribution is 6.07. The van der Waals surface area contributed by atoms with Crippen LogP contribution in [-0.2, 0) is 0 Å². The quantitative estimate of drug-likeness (QED) is 0.455. The fourth-order valence-electron chi connectivity index (χ4n) is 3.46. The highest BCUT2D eigenvalue weighted by Gasteiger charge is 2.13. The normalized spacial score (nSPS) is 12.1. The molecule has 0 aliphatic rings. The van der Waals surface area contributed by atoms with Gasteiger partial charge in [0.05, 0.1) is 23.6 Å². The number of anilines is 2. The van der Waals surface area contributed by atoms with E-state index in [1.807, 2.05) is 6.07 Å². The number of hydrogen-bond donors (Lipinski definition) is 3. The fraction of sp³-hybridized carbons (Fsp3) is 0.391. The third kappa shape index (κ3) is 6.11. The van der Waals surface area contributed by atoms with Crippen molar-refractivity contribution in [3.63, 3.8) is 0 Å². The van der Waals surface area contributed by atoms with E-state index in [2.05, 4.69) is 51.3 Å². The molecule has 0 saturated heterocycles. The smallest absolute Gasteiger partial charge is 0.275 e. The minimum absolute atomic E-state index is 0.0522. The molecule has 0 saturated carbocycles. The number of carbonyl (C=O) groups excluding carboxylic acids is 1. The van der Waals surface area contributed by atoms with Crippen LogP contribution in [0, 0.1) is 0 Å². The Labute approximate surface area is 182 Å². The molecule has 3 aromatic rings. The minimum atomic E-state index is -0.413. The number of rotatable bonds is 10. The maximum absolute atomic E-state index is 12.6. The Hall–Kier alpha value is -3.26. The molecule has 8 nitrogen and oxygen atoms in total. The van der Waals surface area contributed by atoms with Gasteiger partial charge in [0.25, 0.3) is 5.91 Å². The van der Waals surface area contributed by atoms with E-state index in [-0.39, 0.29) is 17.5 Å². The Morgan fingerprint density at radius 2 is 1.97 bits per heavy atom. The monoisotopic (exact) mass is 422 g/mol. The first-order valence-corrected chi connectivity index (χ1v) is 10.7.